The van der Waals surface area contributed by atoms with E-state index in [1.54, 1.807) is 0 Å². The maximum absolute atomic E-state index is 12.6. The number of rotatable bonds is 9. The lowest BCUT2D eigenvalue weighted by Crippen LogP contribution is -2.33. The minimum Gasteiger partial charge on any atom is -0.349 e. The van der Waals surface area contributed by atoms with Gasteiger partial charge < -0.3 is 5.32 Å². The predicted molar refractivity (Wildman–Crippen MR) is 124 cm³/mol. The number of sulfonamides is 1. The Kier molecular flexibility index (Phi) is 8.07. The molecule has 0 aromatic heterocycles. The molecule has 0 bridgehead atoms. The molecule has 0 fully saturated rings. The third-order valence-corrected chi connectivity index (χ3v) is 6.68. The van der Waals surface area contributed by atoms with Crippen molar-refractivity contribution < 1.29 is 13.2 Å². The fourth-order valence-electron chi connectivity index (χ4n) is 3.63. The van der Waals surface area contributed by atoms with E-state index in [0.717, 1.165) is 23.1 Å². The van der Waals surface area contributed by atoms with Gasteiger partial charge in [0.15, 0.2) is 0 Å². The third-order valence-electron chi connectivity index (χ3n) is 5.49. The molecule has 1 N–H and O–H groups in total. The molecule has 0 aliphatic carbocycles. The molecule has 0 radical (unpaired) electrons. The molecule has 5 nitrogen and oxygen atoms in total. The zero-order chi connectivity index (χ0) is 22.5. The summed E-state index contributed by atoms with van der Waals surface area (Å²) in [5.74, 6) is -0.0598. The van der Waals surface area contributed by atoms with E-state index in [-0.39, 0.29) is 24.9 Å². The van der Waals surface area contributed by atoms with Gasteiger partial charge in [0, 0.05) is 13.0 Å². The van der Waals surface area contributed by atoms with Crippen LogP contribution in [-0.2, 0) is 14.8 Å². The van der Waals surface area contributed by atoms with Crippen LogP contribution in [0, 0.1) is 27.7 Å². The summed E-state index contributed by atoms with van der Waals surface area (Å²) in [6.45, 7) is 10.4. The van der Waals surface area contributed by atoms with Gasteiger partial charge in [-0.3, -0.25) is 9.10 Å². The van der Waals surface area contributed by atoms with E-state index >= 15 is 0 Å². The lowest BCUT2D eigenvalue weighted by molar-refractivity contribution is -0.121. The fourth-order valence-corrected chi connectivity index (χ4v) is 4.59. The largest absolute Gasteiger partial charge is 0.349 e. The van der Waals surface area contributed by atoms with Crippen LogP contribution >= 0.6 is 0 Å². The molecule has 30 heavy (non-hydrogen) atoms. The summed E-state index contributed by atoms with van der Waals surface area (Å²) in [4.78, 5) is 12.6. The van der Waals surface area contributed by atoms with E-state index in [1.165, 1.54) is 21.7 Å². The van der Waals surface area contributed by atoms with E-state index in [9.17, 15) is 13.2 Å². The van der Waals surface area contributed by atoms with Gasteiger partial charge in [-0.05, 0) is 74.9 Å². The van der Waals surface area contributed by atoms with Crippen molar-refractivity contribution in [3.8, 4) is 0 Å². The monoisotopic (exact) mass is 430 g/mol. The van der Waals surface area contributed by atoms with Crippen LogP contribution in [0.25, 0.3) is 0 Å². The first-order chi connectivity index (χ1) is 14.0. The number of carbonyl (C=O) groups excluding carboxylic acids is 1. The van der Waals surface area contributed by atoms with Gasteiger partial charge in [-0.25, -0.2) is 8.42 Å². The molecule has 0 spiro atoms. The molecule has 2 aromatic rings. The Morgan fingerprint density at radius 1 is 1.00 bits per heavy atom. The van der Waals surface area contributed by atoms with Crippen LogP contribution in [0.2, 0.25) is 0 Å². The summed E-state index contributed by atoms with van der Waals surface area (Å²) < 4.78 is 26.0. The van der Waals surface area contributed by atoms with Crippen molar-refractivity contribution in [3.63, 3.8) is 0 Å². The lowest BCUT2D eigenvalue weighted by atomic mass is 9.97. The zero-order valence-corrected chi connectivity index (χ0v) is 19.8. The van der Waals surface area contributed by atoms with Gasteiger partial charge in [0.2, 0.25) is 15.9 Å². The molecule has 2 aromatic carbocycles. The molecule has 0 aliphatic rings. The molecule has 0 aliphatic heterocycles. The van der Waals surface area contributed by atoms with Crippen LogP contribution < -0.4 is 9.62 Å². The van der Waals surface area contributed by atoms with Crippen molar-refractivity contribution in [3.05, 3.63) is 64.2 Å². The van der Waals surface area contributed by atoms with E-state index in [2.05, 4.69) is 44.3 Å². The number of aryl methyl sites for hydroxylation is 4. The Hall–Kier alpha value is -2.34. The summed E-state index contributed by atoms with van der Waals surface area (Å²) in [5.41, 5.74) is 6.29. The predicted octanol–water partition coefficient (Wildman–Crippen LogP) is 4.73. The summed E-state index contributed by atoms with van der Waals surface area (Å²) >= 11 is 0. The maximum Gasteiger partial charge on any atom is 0.232 e. The van der Waals surface area contributed by atoms with Crippen LogP contribution in [0.3, 0.4) is 0 Å². The Balaban J connectivity index is 2.02. The van der Waals surface area contributed by atoms with Crippen LogP contribution in [0.15, 0.2) is 36.4 Å². The standard InChI is InChI=1S/C24H34N2O3S/c1-7-23(22-13-10-17(2)15-20(22)5)25-24(27)9-8-14-26(30(6,28)29)21-12-11-18(3)19(4)16-21/h10-13,15-16,23H,7-9,14H2,1-6H3,(H,25,27)/t23-/m1/s1. The number of amides is 1. The fraction of sp³-hybridized carbons (Fsp3) is 0.458. The Labute approximate surface area is 181 Å². The molecule has 6 heteroatoms. The average molecular weight is 431 g/mol. The zero-order valence-electron chi connectivity index (χ0n) is 19.0. The molecule has 0 unspecified atom stereocenters. The van der Waals surface area contributed by atoms with Crippen molar-refractivity contribution in [2.24, 2.45) is 0 Å². The smallest absolute Gasteiger partial charge is 0.232 e. The van der Waals surface area contributed by atoms with Crippen LogP contribution in [0.5, 0.6) is 0 Å². The molecule has 164 valence electrons. The van der Waals surface area contributed by atoms with Gasteiger partial charge in [0.25, 0.3) is 0 Å². The second-order valence-corrected chi connectivity index (χ2v) is 10.0. The highest BCUT2D eigenvalue weighted by Crippen LogP contribution is 2.23. The van der Waals surface area contributed by atoms with Crippen LogP contribution in [0.1, 0.15) is 60.0 Å². The number of benzene rings is 2. The minimum absolute atomic E-state index is 0.0381. The van der Waals surface area contributed by atoms with E-state index in [1.807, 2.05) is 32.0 Å². The summed E-state index contributed by atoms with van der Waals surface area (Å²) in [6.07, 6.45) is 2.73. The van der Waals surface area contributed by atoms with Crippen molar-refractivity contribution in [1.29, 1.82) is 0 Å². The SMILES string of the molecule is CC[C@@H](NC(=O)CCCN(c1ccc(C)c(C)c1)S(C)(=O)=O)c1ccc(C)cc1C. The number of nitrogens with one attached hydrogen (secondary N) is 1. The molecular formula is C24H34N2O3S. The van der Waals surface area contributed by atoms with Gasteiger partial charge in [0.05, 0.1) is 18.0 Å². The number of hydrogen-bond donors (Lipinski definition) is 1. The first kappa shape index (κ1) is 23.9. The van der Waals surface area contributed by atoms with E-state index in [0.29, 0.717) is 12.1 Å². The first-order valence-electron chi connectivity index (χ1n) is 10.4. The second kappa shape index (κ2) is 10.1. The third kappa shape index (κ3) is 6.33. The molecule has 1 atom stereocenters. The van der Waals surface area contributed by atoms with Crippen LogP contribution in [0.4, 0.5) is 5.69 Å². The maximum atomic E-state index is 12.6. The number of anilines is 1. The summed E-state index contributed by atoms with van der Waals surface area (Å²) in [7, 11) is -3.42. The second-order valence-electron chi connectivity index (χ2n) is 8.10. The number of nitrogens with zero attached hydrogens (tertiary/aromatic N) is 1. The van der Waals surface area contributed by atoms with Gasteiger partial charge in [-0.2, -0.15) is 0 Å². The summed E-state index contributed by atoms with van der Waals surface area (Å²) in [5, 5.41) is 3.11. The highest BCUT2D eigenvalue weighted by atomic mass is 32.2. The first-order valence-corrected chi connectivity index (χ1v) is 12.3. The normalized spacial score (nSPS) is 12.5. The Morgan fingerprint density at radius 2 is 1.70 bits per heavy atom. The number of hydrogen-bond acceptors (Lipinski definition) is 3. The topological polar surface area (TPSA) is 66.5 Å². The van der Waals surface area contributed by atoms with Crippen molar-refractivity contribution in [2.45, 2.75) is 59.9 Å². The van der Waals surface area contributed by atoms with E-state index < -0.39 is 10.0 Å². The summed E-state index contributed by atoms with van der Waals surface area (Å²) in [6, 6.07) is 11.8. The molecule has 1 amide bonds. The van der Waals surface area contributed by atoms with Crippen LogP contribution in [-0.4, -0.2) is 27.1 Å². The quantitative estimate of drug-likeness (QED) is 0.625. The highest BCUT2D eigenvalue weighted by molar-refractivity contribution is 7.92. The Morgan fingerprint density at radius 3 is 2.27 bits per heavy atom. The van der Waals surface area contributed by atoms with Gasteiger partial charge in [-0.15, -0.1) is 0 Å². The highest BCUT2D eigenvalue weighted by Gasteiger charge is 2.19. The minimum atomic E-state index is -3.42. The van der Waals surface area contributed by atoms with Gasteiger partial charge >= 0.3 is 0 Å². The van der Waals surface area contributed by atoms with Crippen molar-refractivity contribution in [2.75, 3.05) is 17.1 Å². The van der Waals surface area contributed by atoms with Gasteiger partial charge in [0.1, 0.15) is 0 Å². The molecule has 0 saturated heterocycles. The van der Waals surface area contributed by atoms with Crippen molar-refractivity contribution in [1.82, 2.24) is 5.32 Å². The average Bonchev–Trinajstić information content (AvgIpc) is 2.65. The molecule has 0 heterocycles. The Bertz CT molecular complexity index is 1000. The van der Waals surface area contributed by atoms with Crippen molar-refractivity contribution >= 4 is 21.6 Å². The molecule has 0 saturated carbocycles. The molecular weight excluding hydrogens is 396 g/mol. The number of carbonyl (C=O) groups is 1. The molecule has 2 rings (SSSR count). The lowest BCUT2D eigenvalue weighted by Gasteiger charge is -2.24. The van der Waals surface area contributed by atoms with E-state index in [4.69, 9.17) is 0 Å². The van der Waals surface area contributed by atoms with Gasteiger partial charge in [-0.1, -0.05) is 36.8 Å².